The fourth-order valence-corrected chi connectivity index (χ4v) is 1.79. The Balaban J connectivity index is 2.70. The number of hydrazine groups is 1. The SMILES string of the molecule is C=CC(NN)C1(OC)CCOCC1. The average Bonchev–Trinajstić information content (AvgIpc) is 2.21. The lowest BCUT2D eigenvalue weighted by atomic mass is 9.86. The number of rotatable bonds is 4. The Morgan fingerprint density at radius 3 is 2.62 bits per heavy atom. The van der Waals surface area contributed by atoms with Gasteiger partial charge in [0.2, 0.25) is 0 Å². The van der Waals surface area contributed by atoms with Crippen LogP contribution < -0.4 is 11.3 Å². The molecule has 0 radical (unpaired) electrons. The van der Waals surface area contributed by atoms with Crippen molar-refractivity contribution in [2.45, 2.75) is 24.5 Å². The Kier molecular flexibility index (Phi) is 3.87. The third-order valence-corrected chi connectivity index (χ3v) is 2.73. The van der Waals surface area contributed by atoms with Gasteiger partial charge in [-0.1, -0.05) is 6.08 Å². The van der Waals surface area contributed by atoms with Crippen molar-refractivity contribution >= 4 is 0 Å². The molecule has 0 aliphatic carbocycles. The first-order valence-electron chi connectivity index (χ1n) is 4.50. The Morgan fingerprint density at radius 2 is 2.23 bits per heavy atom. The molecule has 1 fully saturated rings. The highest BCUT2D eigenvalue weighted by Gasteiger charge is 2.38. The van der Waals surface area contributed by atoms with Crippen molar-refractivity contribution in [3.05, 3.63) is 12.7 Å². The topological polar surface area (TPSA) is 56.5 Å². The van der Waals surface area contributed by atoms with Gasteiger partial charge >= 0.3 is 0 Å². The molecule has 1 aliphatic heterocycles. The van der Waals surface area contributed by atoms with Gasteiger partial charge in [-0.25, -0.2) is 0 Å². The Bertz CT molecular complexity index is 167. The van der Waals surface area contributed by atoms with Crippen LogP contribution in [-0.2, 0) is 9.47 Å². The second-order valence-corrected chi connectivity index (χ2v) is 3.26. The van der Waals surface area contributed by atoms with Gasteiger partial charge in [-0.15, -0.1) is 6.58 Å². The summed E-state index contributed by atoms with van der Waals surface area (Å²) in [4.78, 5) is 0. The molecule has 0 bridgehead atoms. The molecule has 13 heavy (non-hydrogen) atoms. The van der Waals surface area contributed by atoms with Crippen molar-refractivity contribution in [2.75, 3.05) is 20.3 Å². The Labute approximate surface area is 79.1 Å². The van der Waals surface area contributed by atoms with E-state index >= 15 is 0 Å². The number of methoxy groups -OCH3 is 1. The first-order valence-corrected chi connectivity index (χ1v) is 4.50. The lowest BCUT2D eigenvalue weighted by Gasteiger charge is -2.40. The molecule has 0 aromatic carbocycles. The molecule has 0 saturated carbocycles. The number of hydrogen-bond donors (Lipinski definition) is 2. The van der Waals surface area contributed by atoms with E-state index in [-0.39, 0.29) is 11.6 Å². The molecule has 1 saturated heterocycles. The summed E-state index contributed by atoms with van der Waals surface area (Å²) in [6.07, 6.45) is 3.49. The highest BCUT2D eigenvalue weighted by molar-refractivity contribution is 5.02. The van der Waals surface area contributed by atoms with Crippen LogP contribution in [-0.4, -0.2) is 32.0 Å². The molecule has 1 atom stereocenters. The fraction of sp³-hybridized carbons (Fsp3) is 0.778. The summed E-state index contributed by atoms with van der Waals surface area (Å²) in [6.45, 7) is 5.18. The minimum absolute atomic E-state index is 0.0126. The van der Waals surface area contributed by atoms with Gasteiger partial charge in [0.05, 0.1) is 11.6 Å². The van der Waals surface area contributed by atoms with E-state index in [1.165, 1.54) is 0 Å². The summed E-state index contributed by atoms with van der Waals surface area (Å²) >= 11 is 0. The van der Waals surface area contributed by atoms with Gasteiger partial charge in [0.25, 0.3) is 0 Å². The molecular formula is C9H18N2O2. The van der Waals surface area contributed by atoms with E-state index in [9.17, 15) is 0 Å². The van der Waals surface area contributed by atoms with Crippen molar-refractivity contribution in [1.82, 2.24) is 5.43 Å². The maximum atomic E-state index is 5.53. The number of hydrogen-bond acceptors (Lipinski definition) is 4. The van der Waals surface area contributed by atoms with Crippen LogP contribution in [0.3, 0.4) is 0 Å². The molecule has 1 heterocycles. The van der Waals surface area contributed by atoms with Crippen molar-refractivity contribution < 1.29 is 9.47 Å². The van der Waals surface area contributed by atoms with E-state index in [0.29, 0.717) is 0 Å². The van der Waals surface area contributed by atoms with Crippen LogP contribution in [0.5, 0.6) is 0 Å². The number of ether oxygens (including phenoxy) is 2. The fourth-order valence-electron chi connectivity index (χ4n) is 1.79. The summed E-state index contributed by atoms with van der Waals surface area (Å²) in [5, 5.41) is 0. The van der Waals surface area contributed by atoms with Gasteiger partial charge in [0, 0.05) is 33.2 Å². The van der Waals surface area contributed by atoms with E-state index in [2.05, 4.69) is 12.0 Å². The summed E-state index contributed by atoms with van der Waals surface area (Å²) in [5.74, 6) is 5.43. The molecule has 76 valence electrons. The number of nitrogens with two attached hydrogens (primary N) is 1. The minimum Gasteiger partial charge on any atom is -0.381 e. The third kappa shape index (κ3) is 2.08. The standard InChI is InChI=1S/C9H18N2O2/c1-3-8(11-10)9(12-2)4-6-13-7-5-9/h3,8,11H,1,4-7,10H2,2H3. The molecular weight excluding hydrogens is 168 g/mol. The molecule has 1 rings (SSSR count). The molecule has 0 amide bonds. The van der Waals surface area contributed by atoms with Gasteiger partial charge < -0.3 is 9.47 Å². The first-order chi connectivity index (χ1) is 6.29. The maximum Gasteiger partial charge on any atom is 0.0923 e. The van der Waals surface area contributed by atoms with E-state index in [1.807, 2.05) is 0 Å². The molecule has 4 nitrogen and oxygen atoms in total. The van der Waals surface area contributed by atoms with Crippen LogP contribution in [0.4, 0.5) is 0 Å². The molecule has 0 spiro atoms. The normalized spacial score (nSPS) is 23.8. The monoisotopic (exact) mass is 186 g/mol. The quantitative estimate of drug-likeness (QED) is 0.374. The molecule has 1 aliphatic rings. The predicted molar refractivity (Wildman–Crippen MR) is 51.1 cm³/mol. The van der Waals surface area contributed by atoms with Crippen LogP contribution in [0.1, 0.15) is 12.8 Å². The van der Waals surface area contributed by atoms with Crippen molar-refractivity contribution in [1.29, 1.82) is 0 Å². The van der Waals surface area contributed by atoms with E-state index in [4.69, 9.17) is 15.3 Å². The lowest BCUT2D eigenvalue weighted by Crippen LogP contribution is -2.56. The highest BCUT2D eigenvalue weighted by Crippen LogP contribution is 2.28. The number of nitrogens with one attached hydrogen (secondary N) is 1. The van der Waals surface area contributed by atoms with E-state index < -0.39 is 0 Å². The molecule has 0 aromatic heterocycles. The highest BCUT2D eigenvalue weighted by atomic mass is 16.5. The molecule has 3 N–H and O–H groups in total. The lowest BCUT2D eigenvalue weighted by molar-refractivity contribution is -0.101. The van der Waals surface area contributed by atoms with Crippen LogP contribution in [0.25, 0.3) is 0 Å². The van der Waals surface area contributed by atoms with Gasteiger partial charge in [-0.05, 0) is 0 Å². The largest absolute Gasteiger partial charge is 0.381 e. The zero-order valence-corrected chi connectivity index (χ0v) is 8.08. The van der Waals surface area contributed by atoms with Gasteiger partial charge in [0.1, 0.15) is 0 Å². The van der Waals surface area contributed by atoms with Crippen LogP contribution in [0.2, 0.25) is 0 Å². The smallest absolute Gasteiger partial charge is 0.0923 e. The maximum absolute atomic E-state index is 5.53. The van der Waals surface area contributed by atoms with Gasteiger partial charge in [-0.3, -0.25) is 11.3 Å². The summed E-state index contributed by atoms with van der Waals surface area (Å²) in [7, 11) is 1.71. The second-order valence-electron chi connectivity index (χ2n) is 3.26. The minimum atomic E-state index is -0.241. The zero-order valence-electron chi connectivity index (χ0n) is 8.08. The van der Waals surface area contributed by atoms with Gasteiger partial charge in [-0.2, -0.15) is 0 Å². The van der Waals surface area contributed by atoms with E-state index in [1.54, 1.807) is 13.2 Å². The van der Waals surface area contributed by atoms with Crippen molar-refractivity contribution in [3.8, 4) is 0 Å². The molecule has 4 heteroatoms. The van der Waals surface area contributed by atoms with Crippen molar-refractivity contribution in [2.24, 2.45) is 5.84 Å². The van der Waals surface area contributed by atoms with Gasteiger partial charge in [0.15, 0.2) is 0 Å². The average molecular weight is 186 g/mol. The van der Waals surface area contributed by atoms with Crippen LogP contribution in [0, 0.1) is 0 Å². The first kappa shape index (κ1) is 10.7. The molecule has 0 aromatic rings. The molecule has 1 unspecified atom stereocenters. The van der Waals surface area contributed by atoms with Crippen LogP contribution in [0.15, 0.2) is 12.7 Å². The summed E-state index contributed by atoms with van der Waals surface area (Å²) in [5.41, 5.74) is 2.47. The van der Waals surface area contributed by atoms with E-state index in [0.717, 1.165) is 26.1 Å². The van der Waals surface area contributed by atoms with Crippen molar-refractivity contribution in [3.63, 3.8) is 0 Å². The zero-order chi connectivity index (χ0) is 9.73. The second kappa shape index (κ2) is 4.72. The predicted octanol–water partition coefficient (Wildman–Crippen LogP) is 0.200. The summed E-state index contributed by atoms with van der Waals surface area (Å²) < 4.78 is 10.8. The summed E-state index contributed by atoms with van der Waals surface area (Å²) in [6, 6.07) is -0.0126. The van der Waals surface area contributed by atoms with Crippen LogP contribution >= 0.6 is 0 Å². The Morgan fingerprint density at radius 1 is 1.62 bits per heavy atom. The third-order valence-electron chi connectivity index (χ3n) is 2.73. The Hall–Kier alpha value is -0.420.